The van der Waals surface area contributed by atoms with Gasteiger partial charge in [-0.1, -0.05) is 0 Å². The van der Waals surface area contributed by atoms with Crippen molar-refractivity contribution in [1.29, 1.82) is 5.26 Å². The van der Waals surface area contributed by atoms with Gasteiger partial charge in [0.05, 0.1) is 17.7 Å². The van der Waals surface area contributed by atoms with Crippen molar-refractivity contribution in [3.8, 4) is 6.07 Å². The molecule has 11 nitrogen and oxygen atoms in total. The molecule has 2 aromatic rings. The molecule has 3 heterocycles. The Bertz CT molecular complexity index is 973. The number of aliphatic hydroxyl groups excluding tert-OH is 3. The molecule has 5 N–H and O–H groups in total. The first kappa shape index (κ1) is 19.5. The minimum absolute atomic E-state index is 0.170. The summed E-state index contributed by atoms with van der Waals surface area (Å²) in [6, 6.07) is 5.00. The molecule has 2 unspecified atom stereocenters. The fraction of sp³-hybridized carbons (Fsp3) is 0.556. The van der Waals surface area contributed by atoms with Crippen LogP contribution in [0.4, 0.5) is 5.82 Å². The Hall–Kier alpha value is -2.78. The molecule has 1 saturated carbocycles. The van der Waals surface area contributed by atoms with Crippen molar-refractivity contribution in [2.24, 2.45) is 5.92 Å². The summed E-state index contributed by atoms with van der Waals surface area (Å²) in [6.07, 6.45) is -2.14. The summed E-state index contributed by atoms with van der Waals surface area (Å²) >= 11 is 0. The van der Waals surface area contributed by atoms with Gasteiger partial charge in [0.2, 0.25) is 5.60 Å². The zero-order valence-corrected chi connectivity index (χ0v) is 15.4. The average Bonchev–Trinajstić information content (AvgIpc) is 3.40. The molecule has 1 aliphatic heterocycles. The Morgan fingerprint density at radius 2 is 2.21 bits per heavy atom. The summed E-state index contributed by atoms with van der Waals surface area (Å²) in [7, 11) is 0. The number of hydrogen-bond acceptors (Lipinski definition) is 10. The van der Waals surface area contributed by atoms with Gasteiger partial charge in [-0.3, -0.25) is 4.79 Å². The number of ether oxygens (including phenoxy) is 2. The molecule has 0 aromatic carbocycles. The van der Waals surface area contributed by atoms with Gasteiger partial charge < -0.3 is 30.5 Å². The first-order chi connectivity index (χ1) is 13.9. The Balaban J connectivity index is 1.55. The Morgan fingerprint density at radius 3 is 2.90 bits per heavy atom. The lowest BCUT2D eigenvalue weighted by Gasteiger charge is -2.24. The number of aliphatic hydroxyl groups is 3. The maximum atomic E-state index is 12.2. The van der Waals surface area contributed by atoms with E-state index >= 15 is 0 Å². The highest BCUT2D eigenvalue weighted by molar-refractivity contribution is 5.72. The van der Waals surface area contributed by atoms with Crippen molar-refractivity contribution in [1.82, 2.24) is 14.6 Å². The van der Waals surface area contributed by atoms with Crippen LogP contribution in [0.15, 0.2) is 18.5 Å². The van der Waals surface area contributed by atoms with Crippen LogP contribution in [0.3, 0.4) is 0 Å². The van der Waals surface area contributed by atoms with Crippen LogP contribution >= 0.6 is 0 Å². The number of anilines is 1. The highest BCUT2D eigenvalue weighted by Crippen LogP contribution is 2.40. The van der Waals surface area contributed by atoms with E-state index in [9.17, 15) is 25.4 Å². The van der Waals surface area contributed by atoms with Gasteiger partial charge in [-0.05, 0) is 31.4 Å². The molecular weight excluding hydrogens is 382 g/mol. The molecule has 2 fully saturated rings. The van der Waals surface area contributed by atoms with E-state index < -0.39 is 41.9 Å². The Labute approximate surface area is 165 Å². The van der Waals surface area contributed by atoms with Crippen LogP contribution in [0.1, 0.15) is 25.0 Å². The third kappa shape index (κ3) is 3.10. The Kier molecular flexibility index (Phi) is 4.87. The first-order valence-electron chi connectivity index (χ1n) is 9.26. The number of nitriles is 1. The second-order valence-electron chi connectivity index (χ2n) is 7.39. The maximum Gasteiger partial charge on any atom is 0.309 e. The lowest BCUT2D eigenvalue weighted by molar-refractivity contribution is -0.155. The summed E-state index contributed by atoms with van der Waals surface area (Å²) in [5, 5.41) is 44.5. The fourth-order valence-electron chi connectivity index (χ4n) is 4.00. The molecule has 0 bridgehead atoms. The van der Waals surface area contributed by atoms with Crippen LogP contribution in [0, 0.1) is 17.2 Å². The molecule has 1 aliphatic carbocycles. The van der Waals surface area contributed by atoms with Crippen molar-refractivity contribution in [3.63, 3.8) is 0 Å². The normalized spacial score (nSPS) is 34.3. The molecule has 2 aliphatic rings. The molecular formula is C18H21N5O6. The van der Waals surface area contributed by atoms with Gasteiger partial charge in [0.25, 0.3) is 0 Å². The van der Waals surface area contributed by atoms with E-state index in [0.29, 0.717) is 24.8 Å². The second kappa shape index (κ2) is 7.23. The molecule has 2 aromatic heterocycles. The molecule has 0 amide bonds. The third-order valence-electron chi connectivity index (χ3n) is 5.61. The highest BCUT2D eigenvalue weighted by Gasteiger charge is 2.58. The number of fused-ring (bicyclic) bond motifs is 1. The van der Waals surface area contributed by atoms with E-state index in [1.807, 2.05) is 6.07 Å². The number of esters is 1. The molecule has 154 valence electrons. The van der Waals surface area contributed by atoms with Crippen LogP contribution < -0.4 is 5.73 Å². The molecule has 6 atom stereocenters. The molecule has 1 saturated heterocycles. The second-order valence-corrected chi connectivity index (χ2v) is 7.39. The van der Waals surface area contributed by atoms with Gasteiger partial charge >= 0.3 is 5.97 Å². The van der Waals surface area contributed by atoms with Crippen LogP contribution in [-0.2, 0) is 19.9 Å². The van der Waals surface area contributed by atoms with Crippen LogP contribution in [-0.4, -0.2) is 66.9 Å². The van der Waals surface area contributed by atoms with Crippen molar-refractivity contribution >= 4 is 17.3 Å². The number of rotatable bonds is 4. The number of nitrogens with two attached hydrogens (primary N) is 1. The quantitative estimate of drug-likeness (QED) is 0.456. The van der Waals surface area contributed by atoms with Gasteiger partial charge in [0, 0.05) is 0 Å². The topological polar surface area (TPSA) is 176 Å². The van der Waals surface area contributed by atoms with Gasteiger partial charge in [-0.15, -0.1) is 0 Å². The number of aromatic nitrogens is 3. The van der Waals surface area contributed by atoms with Crippen molar-refractivity contribution in [2.75, 3.05) is 12.3 Å². The number of carbonyl (C=O) groups is 1. The summed E-state index contributed by atoms with van der Waals surface area (Å²) in [5.74, 6) is -0.741. The molecule has 0 spiro atoms. The minimum Gasteiger partial charge on any atom is -0.463 e. The lowest BCUT2D eigenvalue weighted by atomic mass is 9.92. The van der Waals surface area contributed by atoms with E-state index in [-0.39, 0.29) is 18.1 Å². The van der Waals surface area contributed by atoms with Crippen molar-refractivity contribution < 1.29 is 29.6 Å². The number of hydrogen-bond donors (Lipinski definition) is 4. The van der Waals surface area contributed by atoms with Crippen LogP contribution in [0.25, 0.3) is 5.52 Å². The first-order valence-corrected chi connectivity index (χ1v) is 9.26. The monoisotopic (exact) mass is 403 g/mol. The molecule has 11 heteroatoms. The van der Waals surface area contributed by atoms with Crippen LogP contribution in [0.5, 0.6) is 0 Å². The van der Waals surface area contributed by atoms with Crippen molar-refractivity contribution in [2.45, 2.75) is 49.3 Å². The number of carbonyl (C=O) groups excluding carboxylic acids is 1. The predicted octanol–water partition coefficient (Wildman–Crippen LogP) is -1.14. The average molecular weight is 403 g/mol. The van der Waals surface area contributed by atoms with Crippen molar-refractivity contribution in [3.05, 3.63) is 24.2 Å². The minimum atomic E-state index is -1.94. The smallest absolute Gasteiger partial charge is 0.309 e. The Morgan fingerprint density at radius 1 is 1.41 bits per heavy atom. The highest BCUT2D eigenvalue weighted by atomic mass is 16.6. The zero-order valence-electron chi connectivity index (χ0n) is 15.4. The van der Waals surface area contributed by atoms with Crippen LogP contribution in [0.2, 0.25) is 0 Å². The SMILES string of the molecule is N#C[C@@]1(c2ccc3c(N)ncnn23)O[C@H](COC(=O)C2CCC(O)C2)[C@@H](O)[C@H]1O. The molecule has 4 rings (SSSR count). The van der Waals surface area contributed by atoms with E-state index in [1.54, 1.807) is 6.07 Å². The standard InChI is InChI=1S/C18H21N5O6/c19-7-18(13-4-3-11-16(20)21-8-22-23(11)13)15(26)14(25)12(29-18)6-28-17(27)9-1-2-10(24)5-9/h3-4,8-10,12,14-15,24-26H,1-2,5-6H2,(H2,20,21,22)/t9?,10?,12-,14-,15-,18+/m1/s1. The molecule has 29 heavy (non-hydrogen) atoms. The zero-order chi connectivity index (χ0) is 20.8. The van der Waals surface area contributed by atoms with E-state index in [2.05, 4.69) is 10.1 Å². The third-order valence-corrected chi connectivity index (χ3v) is 5.61. The summed E-state index contributed by atoms with van der Waals surface area (Å²) in [4.78, 5) is 16.0. The van der Waals surface area contributed by atoms with Gasteiger partial charge in [-0.25, -0.2) is 9.50 Å². The predicted molar refractivity (Wildman–Crippen MR) is 95.9 cm³/mol. The number of nitrogens with zero attached hydrogens (tertiary/aromatic N) is 4. The van der Waals surface area contributed by atoms with E-state index in [4.69, 9.17) is 15.2 Å². The fourth-order valence-corrected chi connectivity index (χ4v) is 4.00. The summed E-state index contributed by atoms with van der Waals surface area (Å²) in [6.45, 7) is -0.340. The maximum absolute atomic E-state index is 12.2. The summed E-state index contributed by atoms with van der Waals surface area (Å²) < 4.78 is 12.3. The van der Waals surface area contributed by atoms with E-state index in [1.165, 1.54) is 16.9 Å². The van der Waals surface area contributed by atoms with Gasteiger partial charge in [0.15, 0.2) is 5.82 Å². The molecule has 0 radical (unpaired) electrons. The lowest BCUT2D eigenvalue weighted by Crippen LogP contribution is -2.41. The number of nitrogen functional groups attached to an aromatic ring is 1. The van der Waals surface area contributed by atoms with E-state index in [0.717, 1.165) is 0 Å². The van der Waals surface area contributed by atoms with Gasteiger partial charge in [-0.2, -0.15) is 10.4 Å². The summed E-state index contributed by atoms with van der Waals surface area (Å²) in [5.41, 5.74) is 4.46. The van der Waals surface area contributed by atoms with Gasteiger partial charge in [0.1, 0.15) is 42.8 Å². The largest absolute Gasteiger partial charge is 0.463 e.